The molecule has 1 unspecified atom stereocenters. The van der Waals surface area contributed by atoms with Gasteiger partial charge in [0, 0.05) is 101 Å². The number of para-hydroxylation sites is 6. The first-order valence-corrected chi connectivity index (χ1v) is 30.0. The molecule has 0 aliphatic heterocycles. The molecular formula is C80H62N6. The summed E-state index contributed by atoms with van der Waals surface area (Å²) in [5.74, 6) is 0.822. The van der Waals surface area contributed by atoms with Gasteiger partial charge in [-0.25, -0.2) is 9.97 Å². The third-order valence-corrected chi connectivity index (χ3v) is 17.3. The number of benzene rings is 9. The van der Waals surface area contributed by atoms with Gasteiger partial charge >= 0.3 is 0 Å². The Morgan fingerprint density at radius 3 is 1.63 bits per heavy atom. The molecule has 0 amide bonds. The molecule has 2 aliphatic rings. The minimum atomic E-state index is 0.194. The lowest BCUT2D eigenvalue weighted by Crippen LogP contribution is -2.06. The third kappa shape index (κ3) is 8.80. The van der Waals surface area contributed by atoms with Gasteiger partial charge in [0.25, 0.3) is 0 Å². The van der Waals surface area contributed by atoms with Crippen molar-refractivity contribution < 1.29 is 0 Å². The highest BCUT2D eigenvalue weighted by molar-refractivity contribution is 6.10. The van der Waals surface area contributed by atoms with Crippen molar-refractivity contribution in [3.8, 4) is 56.7 Å². The summed E-state index contributed by atoms with van der Waals surface area (Å²) in [7, 11) is 0. The van der Waals surface area contributed by atoms with Gasteiger partial charge in [-0.3, -0.25) is 0 Å². The van der Waals surface area contributed by atoms with Gasteiger partial charge in [-0.2, -0.15) is 0 Å². The molecule has 5 aromatic heterocycles. The lowest BCUT2D eigenvalue weighted by Gasteiger charge is -2.19. The monoisotopic (exact) mass is 1110 g/mol. The van der Waals surface area contributed by atoms with Crippen molar-refractivity contribution in [3.63, 3.8) is 0 Å². The Morgan fingerprint density at radius 2 is 1.01 bits per heavy atom. The van der Waals surface area contributed by atoms with E-state index in [0.717, 1.165) is 109 Å². The lowest BCUT2D eigenvalue weighted by molar-refractivity contribution is 0.829. The fourth-order valence-corrected chi connectivity index (χ4v) is 13.5. The first kappa shape index (κ1) is 52.0. The zero-order chi connectivity index (χ0) is 57.8. The summed E-state index contributed by atoms with van der Waals surface area (Å²) in [5, 5.41) is 7.21. The Morgan fingerprint density at radius 1 is 0.488 bits per heavy atom. The molecule has 86 heavy (non-hydrogen) atoms. The first-order chi connectivity index (χ1) is 42.5. The molecule has 16 rings (SSSR count). The van der Waals surface area contributed by atoms with Crippen LogP contribution < -0.4 is 0 Å². The minimum absolute atomic E-state index is 0.194. The SMILES string of the molecule is C=C/C=C\c1cn(-c2cc(-c3cc(-c4cccc(C5C=CC=C(C=C)C5)c4)nc(-c4cc(-n5c6c(c7ccccc75)C=CCC6)cc(-n5c6ccccc6c6ccccc65)c4)n3)cc(-n3c4ccccc4c4ccccc43)c2)c2ccccc12.CC. The van der Waals surface area contributed by atoms with Crippen molar-refractivity contribution in [2.24, 2.45) is 0 Å². The highest BCUT2D eigenvalue weighted by atomic mass is 15.0. The summed E-state index contributed by atoms with van der Waals surface area (Å²) in [6.45, 7) is 12.2. The summed E-state index contributed by atoms with van der Waals surface area (Å²) in [4.78, 5) is 11.6. The Hall–Kier alpha value is -10.8. The molecule has 0 radical (unpaired) electrons. The summed E-state index contributed by atoms with van der Waals surface area (Å²) in [6.07, 6.45) is 24.2. The van der Waals surface area contributed by atoms with Gasteiger partial charge in [-0.1, -0.05) is 209 Å². The van der Waals surface area contributed by atoms with E-state index in [-0.39, 0.29) is 5.92 Å². The third-order valence-electron chi connectivity index (χ3n) is 17.3. The van der Waals surface area contributed by atoms with Crippen molar-refractivity contribution in [3.05, 3.63) is 302 Å². The van der Waals surface area contributed by atoms with Crippen LogP contribution in [0.2, 0.25) is 0 Å². The average molecular weight is 1110 g/mol. The molecule has 0 fully saturated rings. The number of allylic oxidation sites excluding steroid dienone is 8. The second-order valence-electron chi connectivity index (χ2n) is 22.2. The molecule has 2 aliphatic carbocycles. The fraction of sp³-hybridized carbons (Fsp3) is 0.0750. The molecule has 14 aromatic rings. The standard InChI is InChI=1S/C78H56N6.C2H6/c1-3-5-23-55-50-81(71-34-13-6-27-62(55)71)58-43-56(44-59(47-58)82-72-35-14-7-28-63(72)64-29-8-15-36-73(64)82)70-49-69(54-26-21-25-53(42-54)52-24-20-22-51(4-2)41-52)79-78(80-70)57-45-60(83-74-37-16-9-30-65(74)66-31-10-17-38-75(66)83)48-61(46-57)84-76-39-18-11-32-67(76)68-33-12-19-40-77(68)84;1-2/h3-18,20-39,42-50,52H,1-2,19,40-41H2;1-2H3/b23-5-;. The maximum atomic E-state index is 5.83. The van der Waals surface area contributed by atoms with Crippen LogP contribution in [0, 0.1) is 0 Å². The molecule has 0 saturated carbocycles. The average Bonchev–Trinajstić information content (AvgIpc) is 3.09. The first-order valence-electron chi connectivity index (χ1n) is 30.0. The predicted molar refractivity (Wildman–Crippen MR) is 363 cm³/mol. The topological polar surface area (TPSA) is 45.5 Å². The Kier molecular flexibility index (Phi) is 13.1. The molecule has 5 heterocycles. The molecule has 0 spiro atoms. The van der Waals surface area contributed by atoms with Crippen LogP contribution in [0.4, 0.5) is 0 Å². The Labute approximate surface area is 500 Å². The molecule has 6 heteroatoms. The van der Waals surface area contributed by atoms with Gasteiger partial charge < -0.3 is 18.3 Å². The van der Waals surface area contributed by atoms with Crippen molar-refractivity contribution in [2.45, 2.75) is 39.0 Å². The molecule has 0 saturated heterocycles. The van der Waals surface area contributed by atoms with E-state index in [1.54, 1.807) is 0 Å². The van der Waals surface area contributed by atoms with E-state index in [4.69, 9.17) is 9.97 Å². The van der Waals surface area contributed by atoms with Crippen LogP contribution in [0.1, 0.15) is 55.0 Å². The number of aromatic nitrogens is 6. The molecule has 6 nitrogen and oxygen atoms in total. The largest absolute Gasteiger partial charge is 0.316 e. The number of rotatable bonds is 11. The number of nitrogens with zero attached hydrogens (tertiary/aromatic N) is 6. The highest BCUT2D eigenvalue weighted by Crippen LogP contribution is 2.42. The number of hydrogen-bond acceptors (Lipinski definition) is 2. The maximum absolute atomic E-state index is 5.83. The van der Waals surface area contributed by atoms with Crippen LogP contribution in [0.15, 0.2) is 280 Å². The zero-order valence-corrected chi connectivity index (χ0v) is 48.3. The Balaban J connectivity index is 0.00000309. The van der Waals surface area contributed by atoms with E-state index < -0.39 is 0 Å². The molecule has 412 valence electrons. The number of hydrogen-bond donors (Lipinski definition) is 0. The summed E-state index contributed by atoms with van der Waals surface area (Å²) >= 11 is 0. The summed E-state index contributed by atoms with van der Waals surface area (Å²) in [5.41, 5.74) is 21.6. The molecule has 0 bridgehead atoms. The van der Waals surface area contributed by atoms with Gasteiger partial charge in [0.05, 0.1) is 44.5 Å². The van der Waals surface area contributed by atoms with Gasteiger partial charge in [-0.05, 0) is 115 Å². The van der Waals surface area contributed by atoms with Gasteiger partial charge in [0.1, 0.15) is 0 Å². The van der Waals surface area contributed by atoms with Crippen LogP contribution in [0.3, 0.4) is 0 Å². The molecule has 9 aromatic carbocycles. The van der Waals surface area contributed by atoms with E-state index in [1.165, 1.54) is 54.8 Å². The normalized spacial score (nSPS) is 13.9. The van der Waals surface area contributed by atoms with Crippen molar-refractivity contribution >= 4 is 77.6 Å². The van der Waals surface area contributed by atoms with Crippen molar-refractivity contribution in [1.82, 2.24) is 28.2 Å². The molecular weight excluding hydrogens is 1040 g/mol. The maximum Gasteiger partial charge on any atom is 0.160 e. The summed E-state index contributed by atoms with van der Waals surface area (Å²) in [6, 6.07) is 77.6. The smallest absolute Gasteiger partial charge is 0.160 e. The van der Waals surface area contributed by atoms with Gasteiger partial charge in [0.2, 0.25) is 0 Å². The van der Waals surface area contributed by atoms with Crippen LogP contribution >= 0.6 is 0 Å². The van der Waals surface area contributed by atoms with E-state index in [1.807, 2.05) is 32.1 Å². The summed E-state index contributed by atoms with van der Waals surface area (Å²) < 4.78 is 9.66. The lowest BCUT2D eigenvalue weighted by atomic mass is 9.87. The van der Waals surface area contributed by atoms with E-state index >= 15 is 0 Å². The van der Waals surface area contributed by atoms with Crippen LogP contribution in [-0.2, 0) is 6.42 Å². The fourth-order valence-electron chi connectivity index (χ4n) is 13.5. The van der Waals surface area contributed by atoms with Crippen LogP contribution in [0.5, 0.6) is 0 Å². The quantitative estimate of drug-likeness (QED) is 0.121. The second-order valence-corrected chi connectivity index (χ2v) is 22.2. The van der Waals surface area contributed by atoms with Gasteiger partial charge in [0.15, 0.2) is 5.82 Å². The molecule has 0 N–H and O–H groups in total. The van der Waals surface area contributed by atoms with Crippen LogP contribution in [-0.4, -0.2) is 28.2 Å². The highest BCUT2D eigenvalue weighted by Gasteiger charge is 2.24. The van der Waals surface area contributed by atoms with Crippen LogP contribution in [0.25, 0.3) is 134 Å². The minimum Gasteiger partial charge on any atom is -0.316 e. The Bertz CT molecular complexity index is 5070. The second kappa shape index (κ2) is 21.7. The van der Waals surface area contributed by atoms with E-state index in [9.17, 15) is 0 Å². The van der Waals surface area contributed by atoms with Crippen molar-refractivity contribution in [2.75, 3.05) is 0 Å². The zero-order valence-electron chi connectivity index (χ0n) is 48.3. The van der Waals surface area contributed by atoms with Gasteiger partial charge in [-0.15, -0.1) is 0 Å². The predicted octanol–water partition coefficient (Wildman–Crippen LogP) is 20.9. The van der Waals surface area contributed by atoms with E-state index in [0.29, 0.717) is 5.82 Å². The molecule has 1 atom stereocenters. The number of fused-ring (bicyclic) bond motifs is 10. The van der Waals surface area contributed by atoms with Crippen molar-refractivity contribution in [1.29, 1.82) is 0 Å². The van der Waals surface area contributed by atoms with E-state index in [2.05, 4.69) is 286 Å².